The molecule has 0 aromatic carbocycles. The Balaban J connectivity index is 2.12. The highest BCUT2D eigenvalue weighted by molar-refractivity contribution is 6.33. The quantitative estimate of drug-likeness (QED) is 0.780. The summed E-state index contributed by atoms with van der Waals surface area (Å²) in [7, 11) is 0. The summed E-state index contributed by atoms with van der Waals surface area (Å²) in [4.78, 5) is 18.0. The average Bonchev–Trinajstić information content (AvgIpc) is 2.75. The first kappa shape index (κ1) is 13.6. The van der Waals surface area contributed by atoms with Gasteiger partial charge in [0, 0.05) is 18.7 Å². The van der Waals surface area contributed by atoms with Gasteiger partial charge < -0.3 is 4.90 Å². The van der Waals surface area contributed by atoms with Crippen molar-refractivity contribution < 1.29 is 4.79 Å². The molecule has 98 valence electrons. The van der Waals surface area contributed by atoms with Gasteiger partial charge in [-0.25, -0.2) is 4.98 Å². The molecule has 2 heterocycles. The predicted molar refractivity (Wildman–Crippen MR) is 73.1 cm³/mol. The Kier molecular flexibility index (Phi) is 4.13. The number of rotatable bonds is 2. The van der Waals surface area contributed by atoms with Crippen LogP contribution in [0.15, 0.2) is 12.1 Å². The molecule has 1 aliphatic rings. The predicted octanol–water partition coefficient (Wildman–Crippen LogP) is 3.51. The molecule has 0 radical (unpaired) electrons. The van der Waals surface area contributed by atoms with Crippen LogP contribution in [0.25, 0.3) is 0 Å². The monoisotopic (exact) mass is 286 g/mol. The van der Waals surface area contributed by atoms with Crippen LogP contribution in [0.5, 0.6) is 0 Å². The van der Waals surface area contributed by atoms with Crippen LogP contribution >= 0.6 is 23.2 Å². The van der Waals surface area contributed by atoms with Gasteiger partial charge in [0.25, 0.3) is 5.91 Å². The first-order valence-corrected chi connectivity index (χ1v) is 6.85. The van der Waals surface area contributed by atoms with Crippen molar-refractivity contribution in [2.24, 2.45) is 11.8 Å². The Hall–Kier alpha value is -0.800. The second-order valence-electron chi connectivity index (χ2n) is 5.05. The van der Waals surface area contributed by atoms with Gasteiger partial charge >= 0.3 is 0 Å². The second-order valence-corrected chi connectivity index (χ2v) is 5.82. The minimum atomic E-state index is -0.00986. The molecule has 0 N–H and O–H groups in total. The fourth-order valence-corrected chi connectivity index (χ4v) is 2.75. The zero-order valence-electron chi connectivity index (χ0n) is 10.5. The van der Waals surface area contributed by atoms with Crippen molar-refractivity contribution in [2.75, 3.05) is 13.1 Å². The van der Waals surface area contributed by atoms with E-state index in [1.54, 1.807) is 12.1 Å². The summed E-state index contributed by atoms with van der Waals surface area (Å²) in [5.74, 6) is 1.18. The Labute approximate surface area is 117 Å². The molecule has 2 rings (SSSR count). The number of carbonyl (C=O) groups is 1. The van der Waals surface area contributed by atoms with Gasteiger partial charge in [-0.3, -0.25) is 4.79 Å². The third kappa shape index (κ3) is 2.96. The van der Waals surface area contributed by atoms with Gasteiger partial charge in [0.05, 0.1) is 0 Å². The third-order valence-corrected chi connectivity index (χ3v) is 3.85. The van der Waals surface area contributed by atoms with Crippen molar-refractivity contribution in [1.82, 2.24) is 9.88 Å². The minimum Gasteiger partial charge on any atom is -0.338 e. The number of halogens is 2. The molecule has 1 saturated heterocycles. The van der Waals surface area contributed by atoms with E-state index >= 15 is 0 Å². The van der Waals surface area contributed by atoms with Gasteiger partial charge in [-0.2, -0.15) is 0 Å². The van der Waals surface area contributed by atoms with Crippen molar-refractivity contribution in [2.45, 2.75) is 20.3 Å². The number of pyridine rings is 1. The number of nitrogens with zero attached hydrogens (tertiary/aromatic N) is 2. The van der Waals surface area contributed by atoms with E-state index in [4.69, 9.17) is 23.2 Å². The van der Waals surface area contributed by atoms with Crippen molar-refractivity contribution in [1.29, 1.82) is 0 Å². The van der Waals surface area contributed by atoms with Crippen LogP contribution < -0.4 is 0 Å². The largest absolute Gasteiger partial charge is 0.338 e. The number of amides is 1. The molecule has 1 fully saturated rings. The zero-order valence-corrected chi connectivity index (χ0v) is 12.0. The number of hydrogen-bond donors (Lipinski definition) is 0. The van der Waals surface area contributed by atoms with Gasteiger partial charge in [0.15, 0.2) is 0 Å². The minimum absolute atomic E-state index is 0.00986. The summed E-state index contributed by atoms with van der Waals surface area (Å²) < 4.78 is 0. The molecule has 1 unspecified atom stereocenters. The molecule has 0 aliphatic carbocycles. The summed E-state index contributed by atoms with van der Waals surface area (Å²) in [6.07, 6.45) is 1.07. The van der Waals surface area contributed by atoms with Crippen LogP contribution in [0, 0.1) is 11.8 Å². The van der Waals surface area contributed by atoms with E-state index in [0.29, 0.717) is 17.4 Å². The summed E-state index contributed by atoms with van der Waals surface area (Å²) >= 11 is 11.6. The summed E-state index contributed by atoms with van der Waals surface area (Å²) in [5.41, 5.74) is 0.518. The van der Waals surface area contributed by atoms with Gasteiger partial charge in [-0.15, -0.1) is 0 Å². The fourth-order valence-electron chi connectivity index (χ4n) is 2.29. The zero-order chi connectivity index (χ0) is 13.3. The van der Waals surface area contributed by atoms with Crippen LogP contribution in [0.1, 0.15) is 30.6 Å². The summed E-state index contributed by atoms with van der Waals surface area (Å²) in [5, 5.41) is 0.510. The second kappa shape index (κ2) is 5.45. The Morgan fingerprint density at radius 2 is 2.00 bits per heavy atom. The van der Waals surface area contributed by atoms with Gasteiger partial charge in [-0.1, -0.05) is 37.0 Å². The first-order valence-electron chi connectivity index (χ1n) is 6.09. The lowest BCUT2D eigenvalue weighted by Crippen LogP contribution is -2.29. The molecule has 0 bridgehead atoms. The van der Waals surface area contributed by atoms with Crippen molar-refractivity contribution in [3.8, 4) is 0 Å². The molecular weight excluding hydrogens is 271 g/mol. The van der Waals surface area contributed by atoms with Crippen LogP contribution in [-0.4, -0.2) is 28.9 Å². The maximum Gasteiger partial charge on any atom is 0.254 e. The topological polar surface area (TPSA) is 33.2 Å². The molecular formula is C13H16Cl2N2O. The Morgan fingerprint density at radius 1 is 1.39 bits per heavy atom. The summed E-state index contributed by atoms with van der Waals surface area (Å²) in [6, 6.07) is 3.14. The van der Waals surface area contributed by atoms with Crippen LogP contribution in [0.4, 0.5) is 0 Å². The molecule has 1 aliphatic heterocycles. The normalized spacial score (nSPS) is 19.6. The standard InChI is InChI=1S/C13H16Cl2N2O/c1-8(2)9-3-4-17(7-9)13(18)10-5-11(14)16-12(15)6-10/h5-6,8-9H,3-4,7H2,1-2H3. The van der Waals surface area contributed by atoms with Gasteiger partial charge in [-0.05, 0) is 30.4 Å². The number of aromatic nitrogens is 1. The molecule has 0 spiro atoms. The molecule has 18 heavy (non-hydrogen) atoms. The first-order chi connectivity index (χ1) is 8.47. The highest BCUT2D eigenvalue weighted by Gasteiger charge is 2.28. The van der Waals surface area contributed by atoms with Crippen LogP contribution in [0.3, 0.4) is 0 Å². The van der Waals surface area contributed by atoms with E-state index in [-0.39, 0.29) is 16.2 Å². The molecule has 0 saturated carbocycles. The SMILES string of the molecule is CC(C)C1CCN(C(=O)c2cc(Cl)nc(Cl)c2)C1. The molecule has 5 heteroatoms. The van der Waals surface area contributed by atoms with Crippen molar-refractivity contribution >= 4 is 29.1 Å². The smallest absolute Gasteiger partial charge is 0.254 e. The lowest BCUT2D eigenvalue weighted by atomic mass is 9.95. The molecule has 1 atom stereocenters. The maximum atomic E-state index is 12.3. The van der Waals surface area contributed by atoms with E-state index in [2.05, 4.69) is 18.8 Å². The fraction of sp³-hybridized carbons (Fsp3) is 0.538. The van der Waals surface area contributed by atoms with E-state index in [1.165, 1.54) is 0 Å². The van der Waals surface area contributed by atoms with E-state index in [9.17, 15) is 4.79 Å². The van der Waals surface area contributed by atoms with Gasteiger partial charge in [0.2, 0.25) is 0 Å². The van der Waals surface area contributed by atoms with E-state index in [0.717, 1.165) is 19.5 Å². The highest BCUT2D eigenvalue weighted by atomic mass is 35.5. The van der Waals surface area contributed by atoms with Crippen molar-refractivity contribution in [3.63, 3.8) is 0 Å². The maximum absolute atomic E-state index is 12.3. The summed E-state index contributed by atoms with van der Waals surface area (Å²) in [6.45, 7) is 6.00. The number of carbonyl (C=O) groups excluding carboxylic acids is 1. The van der Waals surface area contributed by atoms with Crippen LogP contribution in [0.2, 0.25) is 10.3 Å². The van der Waals surface area contributed by atoms with E-state index < -0.39 is 0 Å². The molecule has 1 amide bonds. The highest BCUT2D eigenvalue weighted by Crippen LogP contribution is 2.25. The van der Waals surface area contributed by atoms with E-state index in [1.807, 2.05) is 4.90 Å². The molecule has 1 aromatic heterocycles. The Morgan fingerprint density at radius 3 is 2.50 bits per heavy atom. The Bertz CT molecular complexity index is 442. The third-order valence-electron chi connectivity index (χ3n) is 3.46. The molecule has 3 nitrogen and oxygen atoms in total. The average molecular weight is 287 g/mol. The van der Waals surface area contributed by atoms with Gasteiger partial charge in [0.1, 0.15) is 10.3 Å². The number of likely N-dealkylation sites (tertiary alicyclic amines) is 1. The lowest BCUT2D eigenvalue weighted by Gasteiger charge is -2.18. The number of hydrogen-bond acceptors (Lipinski definition) is 2. The molecule has 1 aromatic rings. The van der Waals surface area contributed by atoms with Crippen LogP contribution in [-0.2, 0) is 0 Å². The van der Waals surface area contributed by atoms with Crippen molar-refractivity contribution in [3.05, 3.63) is 28.0 Å². The lowest BCUT2D eigenvalue weighted by molar-refractivity contribution is 0.0784.